The highest BCUT2D eigenvalue weighted by atomic mass is 32.1. The molecular weight excluding hydrogens is 202 g/mol. The Balaban J connectivity index is 1.77. The lowest BCUT2D eigenvalue weighted by atomic mass is 9.95. The van der Waals surface area contributed by atoms with E-state index in [9.17, 15) is 0 Å². The summed E-state index contributed by atoms with van der Waals surface area (Å²) in [7, 11) is 0. The van der Waals surface area contributed by atoms with E-state index in [1.807, 2.05) is 11.3 Å². The van der Waals surface area contributed by atoms with E-state index in [2.05, 4.69) is 17.6 Å². The number of nitrogens with one attached hydrogen (secondary N) is 1. The lowest BCUT2D eigenvalue weighted by Gasteiger charge is -2.12. The third kappa shape index (κ3) is 1.55. The van der Waals surface area contributed by atoms with Gasteiger partial charge in [0.05, 0.1) is 0 Å². The maximum atomic E-state index is 3.53. The van der Waals surface area contributed by atoms with Crippen molar-refractivity contribution in [3.05, 3.63) is 21.4 Å². The number of hydrogen-bond donors (Lipinski definition) is 1. The van der Waals surface area contributed by atoms with Crippen LogP contribution in [0.15, 0.2) is 5.38 Å². The van der Waals surface area contributed by atoms with Gasteiger partial charge in [-0.1, -0.05) is 6.92 Å². The fourth-order valence-corrected chi connectivity index (χ4v) is 4.53. The molecule has 2 bridgehead atoms. The van der Waals surface area contributed by atoms with Crippen LogP contribution >= 0.6 is 11.3 Å². The Bertz CT molecular complexity index is 355. The number of thiophene rings is 1. The summed E-state index contributed by atoms with van der Waals surface area (Å²) in [5.74, 6) is 1.87. The van der Waals surface area contributed by atoms with Gasteiger partial charge in [0.1, 0.15) is 0 Å². The molecule has 0 radical (unpaired) electrons. The Morgan fingerprint density at radius 3 is 3.13 bits per heavy atom. The highest BCUT2D eigenvalue weighted by Gasteiger charge is 2.39. The molecule has 1 heterocycles. The molecule has 3 rings (SSSR count). The highest BCUT2D eigenvalue weighted by Crippen LogP contribution is 2.56. The van der Waals surface area contributed by atoms with Gasteiger partial charge in [-0.25, -0.2) is 0 Å². The van der Waals surface area contributed by atoms with Crippen LogP contribution < -0.4 is 5.32 Å². The summed E-state index contributed by atoms with van der Waals surface area (Å²) in [6.45, 7) is 4.48. The van der Waals surface area contributed by atoms with Gasteiger partial charge in [0.15, 0.2) is 0 Å². The third-order valence-electron chi connectivity index (χ3n) is 3.89. The lowest BCUT2D eigenvalue weighted by molar-refractivity contribution is 0.658. The van der Waals surface area contributed by atoms with E-state index in [4.69, 9.17) is 0 Å². The van der Waals surface area contributed by atoms with E-state index < -0.39 is 0 Å². The van der Waals surface area contributed by atoms with Crippen molar-refractivity contribution in [1.29, 1.82) is 0 Å². The summed E-state index contributed by atoms with van der Waals surface area (Å²) >= 11 is 2.02. The second-order valence-corrected chi connectivity index (χ2v) is 5.83. The first-order valence-electron chi connectivity index (χ1n) is 6.21. The molecule has 0 spiro atoms. The van der Waals surface area contributed by atoms with Crippen LogP contribution in [0.3, 0.4) is 0 Å². The van der Waals surface area contributed by atoms with Crippen molar-refractivity contribution in [3.63, 3.8) is 0 Å². The predicted molar refractivity (Wildman–Crippen MR) is 65.6 cm³/mol. The van der Waals surface area contributed by atoms with Gasteiger partial charge >= 0.3 is 0 Å². The van der Waals surface area contributed by atoms with Crippen LogP contribution in [-0.2, 0) is 6.54 Å². The summed E-state index contributed by atoms with van der Waals surface area (Å²) < 4.78 is 0. The van der Waals surface area contributed by atoms with E-state index in [1.165, 1.54) is 25.7 Å². The molecule has 2 atom stereocenters. The average Bonchev–Trinajstić information content (AvgIpc) is 2.89. The van der Waals surface area contributed by atoms with Gasteiger partial charge in [-0.2, -0.15) is 0 Å². The fourth-order valence-electron chi connectivity index (χ4n) is 3.22. The van der Waals surface area contributed by atoms with Crippen LogP contribution in [0.4, 0.5) is 0 Å². The summed E-state index contributed by atoms with van der Waals surface area (Å²) in [4.78, 5) is 1.74. The van der Waals surface area contributed by atoms with Crippen LogP contribution in [0.5, 0.6) is 0 Å². The first-order valence-corrected chi connectivity index (χ1v) is 7.09. The quantitative estimate of drug-likeness (QED) is 0.766. The molecule has 1 N–H and O–H groups in total. The molecule has 0 aliphatic heterocycles. The van der Waals surface area contributed by atoms with Gasteiger partial charge in [-0.05, 0) is 60.6 Å². The van der Waals surface area contributed by atoms with E-state index in [1.54, 1.807) is 16.0 Å². The largest absolute Gasteiger partial charge is 0.313 e. The van der Waals surface area contributed by atoms with Crippen molar-refractivity contribution in [1.82, 2.24) is 5.32 Å². The first-order chi connectivity index (χ1) is 7.40. The van der Waals surface area contributed by atoms with Crippen molar-refractivity contribution in [2.45, 2.75) is 51.0 Å². The molecule has 0 saturated heterocycles. The maximum Gasteiger partial charge on any atom is 0.0216 e. The summed E-state index contributed by atoms with van der Waals surface area (Å²) in [5, 5.41) is 5.93. The molecule has 15 heavy (non-hydrogen) atoms. The van der Waals surface area contributed by atoms with Crippen LogP contribution in [0.1, 0.15) is 60.4 Å². The Kier molecular flexibility index (Phi) is 2.57. The second-order valence-electron chi connectivity index (χ2n) is 4.92. The Morgan fingerprint density at radius 2 is 2.27 bits per heavy atom. The molecular formula is C13H19NS. The first kappa shape index (κ1) is 9.86. The van der Waals surface area contributed by atoms with Gasteiger partial charge in [-0.15, -0.1) is 11.3 Å². The number of fused-ring (bicyclic) bond motifs is 5. The predicted octanol–water partition coefficient (Wildman–Crippen LogP) is 3.61. The number of rotatable bonds is 4. The molecule has 82 valence electrons. The van der Waals surface area contributed by atoms with Crippen molar-refractivity contribution >= 4 is 11.3 Å². The van der Waals surface area contributed by atoms with Gasteiger partial charge in [-0.3, -0.25) is 0 Å². The molecule has 2 aliphatic carbocycles. The molecule has 1 saturated carbocycles. The molecule has 1 fully saturated rings. The van der Waals surface area contributed by atoms with Crippen molar-refractivity contribution in [2.24, 2.45) is 0 Å². The van der Waals surface area contributed by atoms with Crippen LogP contribution in [-0.4, -0.2) is 6.54 Å². The Hall–Kier alpha value is -0.340. The Labute approximate surface area is 95.9 Å². The van der Waals surface area contributed by atoms with E-state index in [-0.39, 0.29) is 0 Å². The van der Waals surface area contributed by atoms with Gasteiger partial charge in [0, 0.05) is 11.4 Å². The van der Waals surface area contributed by atoms with Gasteiger partial charge < -0.3 is 5.32 Å². The average molecular weight is 221 g/mol. The smallest absolute Gasteiger partial charge is 0.0216 e. The molecule has 2 unspecified atom stereocenters. The molecule has 2 aliphatic rings. The van der Waals surface area contributed by atoms with Crippen molar-refractivity contribution in [3.8, 4) is 0 Å². The monoisotopic (exact) mass is 221 g/mol. The maximum absolute atomic E-state index is 3.53. The zero-order valence-electron chi connectivity index (χ0n) is 9.38. The van der Waals surface area contributed by atoms with E-state index in [0.29, 0.717) is 0 Å². The van der Waals surface area contributed by atoms with Crippen LogP contribution in [0, 0.1) is 0 Å². The molecule has 1 aromatic rings. The summed E-state index contributed by atoms with van der Waals surface area (Å²) in [6, 6.07) is 0. The molecule has 0 aromatic carbocycles. The second kappa shape index (κ2) is 3.91. The standard InChI is InChI=1S/C13H19NS/c1-2-5-14-7-11-8-15-13-10-4-3-9(6-10)12(11)13/h8-10,14H,2-7H2,1H3. The van der Waals surface area contributed by atoms with Gasteiger partial charge in [0.2, 0.25) is 0 Å². The lowest BCUT2D eigenvalue weighted by Crippen LogP contribution is -2.14. The normalized spacial score (nSPS) is 27.3. The molecule has 1 aromatic heterocycles. The van der Waals surface area contributed by atoms with Crippen LogP contribution in [0.25, 0.3) is 0 Å². The van der Waals surface area contributed by atoms with E-state index >= 15 is 0 Å². The number of hydrogen-bond acceptors (Lipinski definition) is 2. The van der Waals surface area contributed by atoms with Gasteiger partial charge in [0.25, 0.3) is 0 Å². The van der Waals surface area contributed by atoms with Crippen LogP contribution in [0.2, 0.25) is 0 Å². The van der Waals surface area contributed by atoms with Crippen molar-refractivity contribution in [2.75, 3.05) is 6.54 Å². The summed E-state index contributed by atoms with van der Waals surface area (Å²) in [6.07, 6.45) is 5.61. The summed E-state index contributed by atoms with van der Waals surface area (Å²) in [5.41, 5.74) is 3.36. The third-order valence-corrected chi connectivity index (χ3v) is 5.10. The highest BCUT2D eigenvalue weighted by molar-refractivity contribution is 7.10. The zero-order chi connectivity index (χ0) is 10.3. The molecule has 0 amide bonds. The minimum Gasteiger partial charge on any atom is -0.313 e. The van der Waals surface area contributed by atoms with Crippen molar-refractivity contribution < 1.29 is 0 Å². The SMILES string of the molecule is CCCNCc1csc2c1C1CCC2C1. The molecule has 1 nitrogen and oxygen atoms in total. The minimum atomic E-state index is 0.926. The minimum absolute atomic E-state index is 0.926. The Morgan fingerprint density at radius 1 is 1.40 bits per heavy atom. The zero-order valence-corrected chi connectivity index (χ0v) is 10.2. The topological polar surface area (TPSA) is 12.0 Å². The molecule has 2 heteroatoms. The fraction of sp³-hybridized carbons (Fsp3) is 0.692. The van der Waals surface area contributed by atoms with E-state index in [0.717, 1.165) is 24.9 Å².